The lowest BCUT2D eigenvalue weighted by Gasteiger charge is -2.45. The molecule has 5 rings (SSSR count). The second-order valence-corrected chi connectivity index (χ2v) is 11.8. The Balaban J connectivity index is 1.37. The molecular weight excluding hydrogens is 452 g/mol. The van der Waals surface area contributed by atoms with Crippen LogP contribution < -0.4 is 5.32 Å². The lowest BCUT2D eigenvalue weighted by atomic mass is 9.91. The first-order valence-electron chi connectivity index (χ1n) is 14.3. The molecule has 198 valence electrons. The Labute approximate surface area is 215 Å². The molecule has 3 atom stereocenters. The predicted molar refractivity (Wildman–Crippen MR) is 142 cm³/mol. The number of aromatic nitrogens is 1. The summed E-state index contributed by atoms with van der Waals surface area (Å²) < 4.78 is 7.61. The van der Waals surface area contributed by atoms with Crippen molar-refractivity contribution in [1.82, 2.24) is 19.7 Å². The highest BCUT2D eigenvalue weighted by molar-refractivity contribution is 6.02. The summed E-state index contributed by atoms with van der Waals surface area (Å²) in [6, 6.07) is 5.08. The lowest BCUT2D eigenvalue weighted by Crippen LogP contribution is -2.65. The second kappa shape index (κ2) is 10.6. The van der Waals surface area contributed by atoms with Crippen molar-refractivity contribution in [2.24, 2.45) is 0 Å². The number of furan rings is 1. The summed E-state index contributed by atoms with van der Waals surface area (Å²) in [4.78, 5) is 32.3. The van der Waals surface area contributed by atoms with Gasteiger partial charge in [-0.2, -0.15) is 0 Å². The van der Waals surface area contributed by atoms with Crippen LogP contribution in [0.4, 0.5) is 0 Å². The Kier molecular flexibility index (Phi) is 7.47. The lowest BCUT2D eigenvalue weighted by molar-refractivity contribution is -0.133. The molecule has 2 aliphatic heterocycles. The van der Waals surface area contributed by atoms with Crippen LogP contribution in [0.15, 0.2) is 22.8 Å². The van der Waals surface area contributed by atoms with Crippen LogP contribution in [0, 0.1) is 0 Å². The van der Waals surface area contributed by atoms with Gasteiger partial charge in [0.25, 0.3) is 5.91 Å². The smallest absolute Gasteiger partial charge is 0.271 e. The first-order chi connectivity index (χ1) is 17.4. The fourth-order valence-electron chi connectivity index (χ4n) is 6.89. The summed E-state index contributed by atoms with van der Waals surface area (Å²) in [5.74, 6) is -0.0835. The molecule has 0 unspecified atom stereocenters. The second-order valence-electron chi connectivity index (χ2n) is 11.8. The zero-order valence-electron chi connectivity index (χ0n) is 22.4. The van der Waals surface area contributed by atoms with Crippen molar-refractivity contribution in [2.45, 2.75) is 122 Å². The van der Waals surface area contributed by atoms with Crippen LogP contribution in [0.2, 0.25) is 0 Å². The van der Waals surface area contributed by atoms with Gasteiger partial charge in [-0.1, -0.05) is 38.5 Å². The number of carbonyl (C=O) groups excluding carboxylic acids is 2. The van der Waals surface area contributed by atoms with Crippen LogP contribution in [0.5, 0.6) is 0 Å². The largest absolute Gasteiger partial charge is 0.463 e. The predicted octanol–water partition coefficient (Wildman–Crippen LogP) is 5.33. The molecule has 1 saturated carbocycles. The molecule has 36 heavy (non-hydrogen) atoms. The molecule has 2 aromatic rings. The van der Waals surface area contributed by atoms with Gasteiger partial charge in [0, 0.05) is 43.3 Å². The minimum atomic E-state index is -0.936. The van der Waals surface area contributed by atoms with E-state index >= 15 is 0 Å². The molecule has 2 amide bonds. The zero-order valence-corrected chi connectivity index (χ0v) is 22.4. The summed E-state index contributed by atoms with van der Waals surface area (Å²) in [5.41, 5.74) is 1.28. The van der Waals surface area contributed by atoms with Crippen molar-refractivity contribution < 1.29 is 14.0 Å². The summed E-state index contributed by atoms with van der Waals surface area (Å²) in [6.45, 7) is 8.58. The molecule has 0 radical (unpaired) electrons. The van der Waals surface area contributed by atoms with Crippen molar-refractivity contribution in [3.63, 3.8) is 0 Å². The highest BCUT2D eigenvalue weighted by atomic mass is 16.3. The van der Waals surface area contributed by atoms with Crippen LogP contribution in [0.1, 0.15) is 102 Å². The van der Waals surface area contributed by atoms with Crippen molar-refractivity contribution in [1.29, 1.82) is 0 Å². The molecule has 0 spiro atoms. The van der Waals surface area contributed by atoms with E-state index in [1.807, 2.05) is 28.5 Å². The molecule has 7 heteroatoms. The number of hydrogen-bond donors (Lipinski definition) is 1. The number of likely N-dealkylation sites (tertiary alicyclic amines) is 1. The topological polar surface area (TPSA) is 70.7 Å². The van der Waals surface area contributed by atoms with E-state index in [2.05, 4.69) is 24.1 Å². The summed E-state index contributed by atoms with van der Waals surface area (Å²) >= 11 is 0. The molecule has 2 aromatic heterocycles. The van der Waals surface area contributed by atoms with Crippen molar-refractivity contribution >= 4 is 22.9 Å². The molecule has 4 heterocycles. The fraction of sp³-hybridized carbons (Fsp3) is 0.724. The molecule has 2 fully saturated rings. The third kappa shape index (κ3) is 4.83. The van der Waals surface area contributed by atoms with E-state index in [-0.39, 0.29) is 17.9 Å². The molecule has 7 nitrogen and oxygen atoms in total. The maximum atomic E-state index is 14.0. The van der Waals surface area contributed by atoms with Gasteiger partial charge in [-0.05, 0) is 52.9 Å². The van der Waals surface area contributed by atoms with Gasteiger partial charge < -0.3 is 19.2 Å². The van der Waals surface area contributed by atoms with E-state index < -0.39 is 5.54 Å². The van der Waals surface area contributed by atoms with E-state index in [0.717, 1.165) is 44.2 Å². The number of amides is 2. The van der Waals surface area contributed by atoms with Crippen LogP contribution in [0.25, 0.3) is 11.1 Å². The molecule has 1 saturated heterocycles. The summed E-state index contributed by atoms with van der Waals surface area (Å²) in [7, 11) is 0. The van der Waals surface area contributed by atoms with Crippen molar-refractivity contribution in [3.8, 4) is 0 Å². The SMILES string of the molecule is C[C@@H]1CCC[C@@H](C)N1CCCN1C(=O)c2cc3occc3n2C[C@@]1(C)C(=O)NC1CCCCCCC1. The third-order valence-corrected chi connectivity index (χ3v) is 9.15. The number of piperidine rings is 1. The average molecular weight is 497 g/mol. The number of fused-ring (bicyclic) bond motifs is 3. The quantitative estimate of drug-likeness (QED) is 0.587. The molecule has 1 N–H and O–H groups in total. The minimum absolute atomic E-state index is 0.0165. The van der Waals surface area contributed by atoms with Gasteiger partial charge in [0.2, 0.25) is 5.91 Å². The Morgan fingerprint density at radius 3 is 2.44 bits per heavy atom. The monoisotopic (exact) mass is 496 g/mol. The standard InChI is InChI=1S/C29H44N4O3/c1-21-11-9-12-22(2)31(21)16-10-17-33-27(34)25-19-26-24(15-18-36-26)32(25)20-29(33,3)28(35)30-23-13-7-5-4-6-8-14-23/h15,18-19,21-23H,4-14,16-17,20H2,1-3H3,(H,30,35)/t21-,22-,29+/m1/s1. The maximum absolute atomic E-state index is 14.0. The first kappa shape index (κ1) is 25.4. The molecule has 3 aliphatic rings. The van der Waals surface area contributed by atoms with Gasteiger partial charge in [-0.3, -0.25) is 14.5 Å². The molecular formula is C29H44N4O3. The van der Waals surface area contributed by atoms with Gasteiger partial charge in [-0.25, -0.2) is 0 Å². The third-order valence-electron chi connectivity index (χ3n) is 9.15. The Morgan fingerprint density at radius 2 is 1.72 bits per heavy atom. The van der Waals surface area contributed by atoms with Crippen LogP contribution >= 0.6 is 0 Å². The van der Waals surface area contributed by atoms with Crippen molar-refractivity contribution in [3.05, 3.63) is 24.1 Å². The van der Waals surface area contributed by atoms with Gasteiger partial charge >= 0.3 is 0 Å². The van der Waals surface area contributed by atoms with Gasteiger partial charge in [0.15, 0.2) is 5.58 Å². The van der Waals surface area contributed by atoms with Crippen LogP contribution in [-0.4, -0.2) is 62.9 Å². The maximum Gasteiger partial charge on any atom is 0.271 e. The highest BCUT2D eigenvalue weighted by Crippen LogP contribution is 2.33. The Morgan fingerprint density at radius 1 is 1.03 bits per heavy atom. The fourth-order valence-corrected chi connectivity index (χ4v) is 6.89. The number of carbonyl (C=O) groups is 2. The van der Waals surface area contributed by atoms with E-state index in [1.54, 1.807) is 6.26 Å². The summed E-state index contributed by atoms with van der Waals surface area (Å²) in [6.07, 6.45) is 14.4. The molecule has 0 bridgehead atoms. The van der Waals surface area contributed by atoms with Crippen LogP contribution in [0.3, 0.4) is 0 Å². The van der Waals surface area contributed by atoms with E-state index in [1.165, 1.54) is 38.5 Å². The number of rotatable bonds is 6. The molecule has 1 aliphatic carbocycles. The van der Waals surface area contributed by atoms with Crippen molar-refractivity contribution in [2.75, 3.05) is 13.1 Å². The number of nitrogens with zero attached hydrogens (tertiary/aromatic N) is 3. The highest BCUT2D eigenvalue weighted by Gasteiger charge is 2.48. The normalized spacial score (nSPS) is 28.6. The van der Waals surface area contributed by atoms with Gasteiger partial charge in [-0.15, -0.1) is 0 Å². The minimum Gasteiger partial charge on any atom is -0.463 e. The van der Waals surface area contributed by atoms with E-state index in [4.69, 9.17) is 4.42 Å². The van der Waals surface area contributed by atoms with E-state index in [0.29, 0.717) is 36.5 Å². The number of nitrogens with one attached hydrogen (secondary N) is 1. The molecule has 0 aromatic carbocycles. The Bertz CT molecular complexity index is 1060. The summed E-state index contributed by atoms with van der Waals surface area (Å²) in [5, 5.41) is 3.39. The van der Waals surface area contributed by atoms with Crippen LogP contribution in [-0.2, 0) is 11.3 Å². The van der Waals surface area contributed by atoms with Gasteiger partial charge in [0.1, 0.15) is 11.2 Å². The average Bonchev–Trinajstić information content (AvgIpc) is 3.42. The first-order valence-corrected chi connectivity index (χ1v) is 14.3. The number of hydrogen-bond acceptors (Lipinski definition) is 4. The van der Waals surface area contributed by atoms with Gasteiger partial charge in [0.05, 0.1) is 18.3 Å². The zero-order chi connectivity index (χ0) is 25.3. The Hall–Kier alpha value is -2.28. The van der Waals surface area contributed by atoms with E-state index in [9.17, 15) is 9.59 Å².